The minimum Gasteiger partial charge on any atom is -0.481 e. The van der Waals surface area contributed by atoms with Crippen LogP contribution in [0, 0.1) is 23.7 Å². The fourth-order valence-electron chi connectivity index (χ4n) is 7.50. The van der Waals surface area contributed by atoms with Gasteiger partial charge in [0.15, 0.2) is 0 Å². The highest BCUT2D eigenvalue weighted by atomic mass is 32.1. The number of carboxylic acids is 1. The first kappa shape index (κ1) is 23.9. The summed E-state index contributed by atoms with van der Waals surface area (Å²) in [7, 11) is 0. The Labute approximate surface area is 207 Å². The predicted octanol–water partition coefficient (Wildman–Crippen LogP) is 3.68. The second kappa shape index (κ2) is 9.34. The number of amides is 1. The topological polar surface area (TPSA) is 103 Å². The van der Waals surface area contributed by atoms with Crippen molar-refractivity contribution in [2.24, 2.45) is 23.7 Å². The van der Waals surface area contributed by atoms with Gasteiger partial charge in [-0.25, -0.2) is 4.98 Å². The number of aryl methyl sites for hydroxylation is 1. The molecule has 5 fully saturated rings. The number of aromatic nitrogens is 1. The summed E-state index contributed by atoms with van der Waals surface area (Å²) in [5, 5.41) is 23.4. The Morgan fingerprint density at radius 2 is 2.00 bits per heavy atom. The molecule has 4 saturated carbocycles. The molecule has 5 aliphatic rings. The summed E-state index contributed by atoms with van der Waals surface area (Å²) in [6, 6.07) is 1.98. The molecule has 186 valence electrons. The molecule has 0 aromatic carbocycles. The lowest BCUT2D eigenvalue weighted by molar-refractivity contribution is -0.138. The van der Waals surface area contributed by atoms with Crippen molar-refractivity contribution in [2.45, 2.75) is 87.7 Å². The minimum absolute atomic E-state index is 0.0790. The Hall–Kier alpha value is -1.80. The van der Waals surface area contributed by atoms with Gasteiger partial charge in [-0.2, -0.15) is 0 Å². The summed E-state index contributed by atoms with van der Waals surface area (Å²) in [5.41, 5.74) is 0.872. The Balaban J connectivity index is 1.35. The molecular formula is C26H37N3O4S. The van der Waals surface area contributed by atoms with E-state index in [1.54, 1.807) is 0 Å². The molecule has 4 aliphatic carbocycles. The summed E-state index contributed by atoms with van der Waals surface area (Å²) >= 11 is 4.71. The van der Waals surface area contributed by atoms with Crippen LogP contribution in [0.1, 0.15) is 80.8 Å². The molecule has 0 spiro atoms. The monoisotopic (exact) mass is 487 g/mol. The van der Waals surface area contributed by atoms with Gasteiger partial charge in [-0.3, -0.25) is 9.59 Å². The second-order valence-electron chi connectivity index (χ2n) is 11.3. The average molecular weight is 488 g/mol. The maximum atomic E-state index is 13.5. The molecule has 1 aromatic heterocycles. The van der Waals surface area contributed by atoms with Gasteiger partial charge < -0.3 is 20.4 Å². The van der Waals surface area contributed by atoms with Gasteiger partial charge in [-0.1, -0.05) is 13.3 Å². The molecule has 8 heteroatoms. The Morgan fingerprint density at radius 3 is 2.65 bits per heavy atom. The molecule has 34 heavy (non-hydrogen) atoms. The van der Waals surface area contributed by atoms with E-state index in [1.807, 2.05) is 6.07 Å². The number of carbonyl (C=O) groups excluding carboxylic acids is 1. The molecule has 2 heterocycles. The van der Waals surface area contributed by atoms with E-state index in [0.29, 0.717) is 41.2 Å². The third kappa shape index (κ3) is 4.68. The molecule has 3 N–H and O–H groups in total. The summed E-state index contributed by atoms with van der Waals surface area (Å²) in [4.78, 5) is 32.4. The molecule has 7 nitrogen and oxygen atoms in total. The molecular weight excluding hydrogens is 450 g/mol. The molecule has 1 saturated heterocycles. The van der Waals surface area contributed by atoms with E-state index in [9.17, 15) is 19.8 Å². The van der Waals surface area contributed by atoms with Crippen molar-refractivity contribution in [3.8, 4) is 0 Å². The van der Waals surface area contributed by atoms with Crippen LogP contribution >= 0.6 is 12.6 Å². The number of thiol groups is 1. The lowest BCUT2D eigenvalue weighted by Crippen LogP contribution is -2.61. The first-order valence-corrected chi connectivity index (χ1v) is 13.4. The zero-order valence-electron chi connectivity index (χ0n) is 20.0. The van der Waals surface area contributed by atoms with E-state index < -0.39 is 11.6 Å². The second-order valence-corrected chi connectivity index (χ2v) is 11.8. The van der Waals surface area contributed by atoms with Crippen LogP contribution in [-0.4, -0.2) is 51.8 Å². The van der Waals surface area contributed by atoms with Gasteiger partial charge in [0, 0.05) is 30.4 Å². The van der Waals surface area contributed by atoms with Gasteiger partial charge in [-0.15, -0.1) is 12.6 Å². The summed E-state index contributed by atoms with van der Waals surface area (Å²) in [5.74, 6) is 1.34. The van der Waals surface area contributed by atoms with Gasteiger partial charge in [0.2, 0.25) is 0 Å². The van der Waals surface area contributed by atoms with Gasteiger partial charge >= 0.3 is 5.97 Å². The SMILES string of the molecule is CCCc1nc(N2CCC[C@H](CC(=O)O)C2)c(S)cc1C(=O)NC1C2CC3CC1CC(O)(C3)C2. The van der Waals surface area contributed by atoms with Crippen LogP contribution in [0.2, 0.25) is 0 Å². The van der Waals surface area contributed by atoms with Gasteiger partial charge in [0.1, 0.15) is 5.82 Å². The number of hydrogen-bond acceptors (Lipinski definition) is 6. The fraction of sp³-hybridized carbons (Fsp3) is 0.731. The van der Waals surface area contributed by atoms with Crippen molar-refractivity contribution in [2.75, 3.05) is 18.0 Å². The van der Waals surface area contributed by atoms with Crippen molar-refractivity contribution in [1.29, 1.82) is 0 Å². The predicted molar refractivity (Wildman–Crippen MR) is 132 cm³/mol. The largest absolute Gasteiger partial charge is 0.481 e. The first-order valence-electron chi connectivity index (χ1n) is 13.0. The highest BCUT2D eigenvalue weighted by Crippen LogP contribution is 2.55. The lowest BCUT2D eigenvalue weighted by atomic mass is 9.52. The molecule has 3 atom stereocenters. The van der Waals surface area contributed by atoms with Crippen molar-refractivity contribution in [3.05, 3.63) is 17.3 Å². The summed E-state index contributed by atoms with van der Waals surface area (Å²) < 4.78 is 0. The van der Waals surface area contributed by atoms with E-state index in [2.05, 4.69) is 17.1 Å². The number of hydrogen-bond donors (Lipinski definition) is 4. The molecule has 1 amide bonds. The normalized spacial score (nSPS) is 34.3. The van der Waals surface area contributed by atoms with Gasteiger partial charge in [-0.05, 0) is 81.1 Å². The molecule has 2 unspecified atom stereocenters. The van der Waals surface area contributed by atoms with Crippen LogP contribution in [0.4, 0.5) is 5.82 Å². The number of nitrogens with zero attached hydrogens (tertiary/aromatic N) is 2. The van der Waals surface area contributed by atoms with E-state index in [4.69, 9.17) is 17.6 Å². The van der Waals surface area contributed by atoms with E-state index in [1.165, 1.54) is 0 Å². The van der Waals surface area contributed by atoms with E-state index >= 15 is 0 Å². The van der Waals surface area contributed by atoms with Crippen molar-refractivity contribution < 1.29 is 19.8 Å². The van der Waals surface area contributed by atoms with Crippen LogP contribution in [-0.2, 0) is 11.2 Å². The Bertz CT molecular complexity index is 954. The smallest absolute Gasteiger partial charge is 0.303 e. The van der Waals surface area contributed by atoms with Crippen LogP contribution in [0.3, 0.4) is 0 Å². The van der Waals surface area contributed by atoms with Gasteiger partial charge in [0.05, 0.1) is 16.9 Å². The number of nitrogens with one attached hydrogen (secondary N) is 1. The maximum Gasteiger partial charge on any atom is 0.303 e. The van der Waals surface area contributed by atoms with Crippen molar-refractivity contribution in [1.82, 2.24) is 10.3 Å². The first-order chi connectivity index (χ1) is 16.2. The quantitative estimate of drug-likeness (QED) is 0.438. The molecule has 6 rings (SSSR count). The number of carboxylic acid groups (broad SMARTS) is 1. The number of anilines is 1. The third-order valence-electron chi connectivity index (χ3n) is 8.61. The average Bonchev–Trinajstić information content (AvgIpc) is 2.76. The summed E-state index contributed by atoms with van der Waals surface area (Å²) in [6.07, 6.45) is 8.32. The number of aliphatic hydroxyl groups is 1. The van der Waals surface area contributed by atoms with Crippen LogP contribution < -0.4 is 10.2 Å². The molecule has 1 aromatic rings. The number of pyridine rings is 1. The third-order valence-corrected chi connectivity index (χ3v) is 8.94. The number of piperidine rings is 1. The van der Waals surface area contributed by atoms with E-state index in [0.717, 1.165) is 69.4 Å². The summed E-state index contributed by atoms with van der Waals surface area (Å²) in [6.45, 7) is 3.56. The Morgan fingerprint density at radius 1 is 1.26 bits per heavy atom. The number of aliphatic carboxylic acids is 1. The van der Waals surface area contributed by atoms with Crippen LogP contribution in [0.25, 0.3) is 0 Å². The minimum atomic E-state index is -0.763. The van der Waals surface area contributed by atoms with Crippen molar-refractivity contribution >= 4 is 30.3 Å². The standard InChI is InChI=1S/C26H37N3O4S/c1-2-4-20-19(10-21(34)24(27-20)29-6-3-5-15(14-29)9-22(30)31)25(32)28-23-17-7-16-8-18(23)13-26(33,11-16)12-17/h10,15-18,23,33-34H,2-9,11-14H2,1H3,(H,28,32)(H,30,31)/t15-,16?,17?,18?,23?,26?/m1/s1. The van der Waals surface area contributed by atoms with Crippen LogP contribution in [0.15, 0.2) is 11.0 Å². The zero-order chi connectivity index (χ0) is 24.0. The highest BCUT2D eigenvalue weighted by Gasteiger charge is 2.55. The maximum absolute atomic E-state index is 13.5. The molecule has 4 bridgehead atoms. The number of carbonyl (C=O) groups is 2. The lowest BCUT2D eigenvalue weighted by Gasteiger charge is -2.58. The highest BCUT2D eigenvalue weighted by molar-refractivity contribution is 7.80. The zero-order valence-corrected chi connectivity index (χ0v) is 20.9. The molecule has 0 radical (unpaired) electrons. The van der Waals surface area contributed by atoms with Crippen molar-refractivity contribution in [3.63, 3.8) is 0 Å². The van der Waals surface area contributed by atoms with Gasteiger partial charge in [0.25, 0.3) is 5.91 Å². The Kier molecular flexibility index (Phi) is 6.57. The van der Waals surface area contributed by atoms with Crippen LogP contribution in [0.5, 0.6) is 0 Å². The molecule has 1 aliphatic heterocycles. The fourth-order valence-corrected chi connectivity index (χ4v) is 7.82. The number of rotatable bonds is 7. The van der Waals surface area contributed by atoms with E-state index in [-0.39, 0.29) is 24.3 Å².